The van der Waals surface area contributed by atoms with Crippen molar-refractivity contribution in [3.63, 3.8) is 0 Å². The van der Waals surface area contributed by atoms with E-state index >= 15 is 0 Å². The summed E-state index contributed by atoms with van der Waals surface area (Å²) in [4.78, 5) is 13.8. The zero-order valence-corrected chi connectivity index (χ0v) is 13.1. The number of piperazine rings is 1. The minimum absolute atomic E-state index is 0.0159. The van der Waals surface area contributed by atoms with Crippen LogP contribution in [0.15, 0.2) is 29.2 Å². The Kier molecular flexibility index (Phi) is 5.13. The molecule has 1 saturated heterocycles. The summed E-state index contributed by atoms with van der Waals surface area (Å²) in [7, 11) is -2.42. The first-order valence-electron chi connectivity index (χ1n) is 6.90. The first-order valence-corrected chi connectivity index (χ1v) is 8.34. The van der Waals surface area contributed by atoms with Crippen molar-refractivity contribution in [2.75, 3.05) is 39.8 Å². The van der Waals surface area contributed by atoms with Crippen LogP contribution in [0, 0.1) is 11.3 Å². The lowest BCUT2D eigenvalue weighted by Crippen LogP contribution is -2.49. The fourth-order valence-electron chi connectivity index (χ4n) is 2.20. The predicted octanol–water partition coefficient (Wildman–Crippen LogP) is -0.389. The highest BCUT2D eigenvalue weighted by atomic mass is 32.2. The molecule has 0 radical (unpaired) electrons. The van der Waals surface area contributed by atoms with E-state index in [-0.39, 0.29) is 22.9 Å². The van der Waals surface area contributed by atoms with Crippen LogP contribution in [0.2, 0.25) is 0 Å². The molecule has 7 nitrogen and oxygen atoms in total. The van der Waals surface area contributed by atoms with E-state index in [1.165, 1.54) is 31.3 Å². The van der Waals surface area contributed by atoms with Crippen molar-refractivity contribution in [3.05, 3.63) is 29.8 Å². The summed E-state index contributed by atoms with van der Waals surface area (Å²) in [6.07, 6.45) is 0. The summed E-state index contributed by atoms with van der Waals surface area (Å²) in [5, 5.41) is 12.0. The topological polar surface area (TPSA) is 93.5 Å². The van der Waals surface area contributed by atoms with Gasteiger partial charge in [0.05, 0.1) is 23.1 Å². The van der Waals surface area contributed by atoms with Crippen LogP contribution < -0.4 is 5.32 Å². The molecule has 1 heterocycles. The van der Waals surface area contributed by atoms with Crippen molar-refractivity contribution in [1.29, 1.82) is 5.26 Å². The van der Waals surface area contributed by atoms with Crippen LogP contribution in [0.4, 0.5) is 0 Å². The number of sulfonamides is 1. The fraction of sp³-hybridized carbons (Fsp3) is 0.429. The van der Waals surface area contributed by atoms with Crippen molar-refractivity contribution in [2.24, 2.45) is 0 Å². The van der Waals surface area contributed by atoms with Gasteiger partial charge in [-0.2, -0.15) is 9.57 Å². The Morgan fingerprint density at radius 2 is 2.09 bits per heavy atom. The number of carbonyl (C=O) groups excluding carboxylic acids is 1. The zero-order valence-electron chi connectivity index (χ0n) is 12.3. The highest BCUT2D eigenvalue weighted by molar-refractivity contribution is 7.89. The van der Waals surface area contributed by atoms with E-state index < -0.39 is 10.0 Å². The summed E-state index contributed by atoms with van der Waals surface area (Å²) >= 11 is 0. The second kappa shape index (κ2) is 6.87. The van der Waals surface area contributed by atoms with Gasteiger partial charge < -0.3 is 10.2 Å². The number of likely N-dealkylation sites (N-methyl/N-ethyl adjacent to an activating group) is 1. The zero-order chi connectivity index (χ0) is 16.2. The van der Waals surface area contributed by atoms with Crippen molar-refractivity contribution in [2.45, 2.75) is 4.90 Å². The molecule has 1 amide bonds. The van der Waals surface area contributed by atoms with E-state index in [1.54, 1.807) is 4.90 Å². The largest absolute Gasteiger partial charge is 0.339 e. The summed E-state index contributed by atoms with van der Waals surface area (Å²) in [6.45, 7) is 2.38. The number of carbonyl (C=O) groups is 1. The number of nitriles is 1. The SMILES string of the molecule is CN(CC(=O)N1CCNCC1)S(=O)(=O)c1cccc(C#N)c1. The molecule has 0 aromatic heterocycles. The van der Waals surface area contributed by atoms with Gasteiger partial charge in [0.1, 0.15) is 0 Å². The van der Waals surface area contributed by atoms with Crippen molar-refractivity contribution >= 4 is 15.9 Å². The molecule has 22 heavy (non-hydrogen) atoms. The minimum atomic E-state index is -3.79. The maximum Gasteiger partial charge on any atom is 0.243 e. The van der Waals surface area contributed by atoms with E-state index in [0.717, 1.165) is 4.31 Å². The lowest BCUT2D eigenvalue weighted by atomic mass is 10.2. The fourth-order valence-corrected chi connectivity index (χ4v) is 3.36. The van der Waals surface area contributed by atoms with Crippen LogP contribution in [0.3, 0.4) is 0 Å². The number of nitrogens with one attached hydrogen (secondary N) is 1. The highest BCUT2D eigenvalue weighted by Gasteiger charge is 2.26. The number of hydrogen-bond donors (Lipinski definition) is 1. The number of hydrogen-bond acceptors (Lipinski definition) is 5. The van der Waals surface area contributed by atoms with Crippen LogP contribution in [0.25, 0.3) is 0 Å². The van der Waals surface area contributed by atoms with E-state index in [9.17, 15) is 13.2 Å². The molecule has 0 bridgehead atoms. The Morgan fingerprint density at radius 1 is 1.41 bits per heavy atom. The van der Waals surface area contributed by atoms with Gasteiger partial charge in [-0.1, -0.05) is 6.07 Å². The average molecular weight is 322 g/mol. The van der Waals surface area contributed by atoms with Gasteiger partial charge in [-0.25, -0.2) is 8.42 Å². The van der Waals surface area contributed by atoms with Gasteiger partial charge in [0.2, 0.25) is 15.9 Å². The Labute approximate surface area is 130 Å². The van der Waals surface area contributed by atoms with E-state index in [0.29, 0.717) is 26.2 Å². The quantitative estimate of drug-likeness (QED) is 0.815. The van der Waals surface area contributed by atoms with Crippen LogP contribution in [-0.2, 0) is 14.8 Å². The Bertz CT molecular complexity index is 690. The Hall–Kier alpha value is -1.95. The van der Waals surface area contributed by atoms with Gasteiger partial charge in [-0.15, -0.1) is 0 Å². The van der Waals surface area contributed by atoms with Gasteiger partial charge in [0.15, 0.2) is 0 Å². The molecule has 8 heteroatoms. The standard InChI is InChI=1S/C14H18N4O3S/c1-17(11-14(19)18-7-5-16-6-8-18)22(20,21)13-4-2-3-12(9-13)10-15/h2-4,9,16H,5-8,11H2,1H3. The average Bonchev–Trinajstić information content (AvgIpc) is 2.55. The molecular formula is C14H18N4O3S. The number of benzene rings is 1. The molecule has 0 aliphatic carbocycles. The summed E-state index contributed by atoms with van der Waals surface area (Å²) < 4.78 is 25.9. The summed E-state index contributed by atoms with van der Waals surface area (Å²) in [6, 6.07) is 7.68. The van der Waals surface area contributed by atoms with Gasteiger partial charge in [-0.3, -0.25) is 4.79 Å². The third-order valence-electron chi connectivity index (χ3n) is 3.50. The van der Waals surface area contributed by atoms with Crippen molar-refractivity contribution in [1.82, 2.24) is 14.5 Å². The second-order valence-electron chi connectivity index (χ2n) is 5.03. The first-order chi connectivity index (χ1) is 10.4. The minimum Gasteiger partial charge on any atom is -0.339 e. The van der Waals surface area contributed by atoms with Crippen LogP contribution >= 0.6 is 0 Å². The normalized spacial score (nSPS) is 15.6. The summed E-state index contributed by atoms with van der Waals surface area (Å²) in [5.41, 5.74) is 0.267. The third kappa shape index (κ3) is 3.62. The van der Waals surface area contributed by atoms with Crippen LogP contribution in [0.5, 0.6) is 0 Å². The molecule has 0 saturated carbocycles. The first kappa shape index (κ1) is 16.4. The monoisotopic (exact) mass is 322 g/mol. The van der Waals surface area contributed by atoms with Crippen molar-refractivity contribution in [3.8, 4) is 6.07 Å². The van der Waals surface area contributed by atoms with Gasteiger partial charge in [0, 0.05) is 33.2 Å². The molecule has 0 unspecified atom stereocenters. The third-order valence-corrected chi connectivity index (χ3v) is 5.30. The molecule has 1 aromatic carbocycles. The van der Waals surface area contributed by atoms with Gasteiger partial charge in [-0.05, 0) is 18.2 Å². The number of rotatable bonds is 4. The lowest BCUT2D eigenvalue weighted by molar-refractivity contribution is -0.131. The molecule has 0 atom stereocenters. The smallest absolute Gasteiger partial charge is 0.243 e. The molecular weight excluding hydrogens is 304 g/mol. The van der Waals surface area contributed by atoms with Crippen molar-refractivity contribution < 1.29 is 13.2 Å². The molecule has 2 rings (SSSR count). The highest BCUT2D eigenvalue weighted by Crippen LogP contribution is 2.15. The van der Waals surface area contributed by atoms with E-state index in [4.69, 9.17) is 5.26 Å². The Morgan fingerprint density at radius 3 is 2.73 bits per heavy atom. The van der Waals surface area contributed by atoms with Crippen LogP contribution in [-0.4, -0.2) is 63.3 Å². The Balaban J connectivity index is 2.11. The number of nitrogens with zero attached hydrogens (tertiary/aromatic N) is 3. The molecule has 1 aliphatic heterocycles. The van der Waals surface area contributed by atoms with Crippen LogP contribution in [0.1, 0.15) is 5.56 Å². The van der Waals surface area contributed by atoms with E-state index in [1.807, 2.05) is 6.07 Å². The maximum atomic E-state index is 12.5. The van der Waals surface area contributed by atoms with Gasteiger partial charge >= 0.3 is 0 Å². The predicted molar refractivity (Wildman–Crippen MR) is 80.4 cm³/mol. The maximum absolute atomic E-state index is 12.5. The number of amides is 1. The molecule has 1 fully saturated rings. The molecule has 1 aliphatic rings. The molecule has 1 N–H and O–H groups in total. The molecule has 1 aromatic rings. The molecule has 118 valence electrons. The second-order valence-corrected chi connectivity index (χ2v) is 7.08. The van der Waals surface area contributed by atoms with Gasteiger partial charge in [0.25, 0.3) is 0 Å². The van der Waals surface area contributed by atoms with E-state index in [2.05, 4.69) is 5.32 Å². The summed E-state index contributed by atoms with van der Waals surface area (Å²) in [5.74, 6) is -0.219. The molecule has 0 spiro atoms. The lowest BCUT2D eigenvalue weighted by Gasteiger charge is -2.29.